The van der Waals surface area contributed by atoms with E-state index >= 15 is 0 Å². The topological polar surface area (TPSA) is 43.4 Å². The quantitative estimate of drug-likeness (QED) is 0.832. The Kier molecular flexibility index (Phi) is 5.36. The van der Waals surface area contributed by atoms with Gasteiger partial charge in [-0.2, -0.15) is 0 Å². The van der Waals surface area contributed by atoms with E-state index in [9.17, 15) is 4.39 Å². The number of methoxy groups -OCH3 is 2. The van der Waals surface area contributed by atoms with Crippen molar-refractivity contribution in [2.24, 2.45) is 0 Å². The molecule has 1 heterocycles. The molecular weight excluding hydrogens is 295 g/mol. The van der Waals surface area contributed by atoms with Gasteiger partial charge in [-0.1, -0.05) is 17.7 Å². The fourth-order valence-corrected chi connectivity index (χ4v) is 2.10. The molecule has 112 valence electrons. The first kappa shape index (κ1) is 15.5. The highest BCUT2D eigenvalue weighted by Crippen LogP contribution is 2.24. The minimum absolute atomic E-state index is 0.115. The lowest BCUT2D eigenvalue weighted by molar-refractivity contribution is 0.389. The molecule has 1 N–H and O–H groups in total. The van der Waals surface area contributed by atoms with Gasteiger partial charge in [-0.25, -0.2) is 9.37 Å². The summed E-state index contributed by atoms with van der Waals surface area (Å²) in [6, 6.07) is 7.16. The lowest BCUT2D eigenvalue weighted by atomic mass is 10.2. The summed E-state index contributed by atoms with van der Waals surface area (Å²) in [7, 11) is 3.20. The third-order valence-electron chi connectivity index (χ3n) is 3.05. The zero-order valence-corrected chi connectivity index (χ0v) is 12.6. The van der Waals surface area contributed by atoms with Crippen LogP contribution in [0.1, 0.15) is 11.1 Å². The van der Waals surface area contributed by atoms with Gasteiger partial charge in [0, 0.05) is 36.5 Å². The van der Waals surface area contributed by atoms with E-state index in [1.54, 1.807) is 26.4 Å². The maximum Gasteiger partial charge on any atom is 0.165 e. The average molecular weight is 311 g/mol. The van der Waals surface area contributed by atoms with Gasteiger partial charge in [0.15, 0.2) is 11.0 Å². The van der Waals surface area contributed by atoms with E-state index in [0.717, 1.165) is 17.1 Å². The molecule has 0 saturated heterocycles. The van der Waals surface area contributed by atoms with Gasteiger partial charge in [0.05, 0.1) is 14.2 Å². The molecule has 2 rings (SSSR count). The smallest absolute Gasteiger partial charge is 0.165 e. The van der Waals surface area contributed by atoms with E-state index in [2.05, 4.69) is 10.3 Å². The number of hydrogen-bond acceptors (Lipinski definition) is 4. The highest BCUT2D eigenvalue weighted by atomic mass is 35.5. The van der Waals surface area contributed by atoms with E-state index in [-0.39, 0.29) is 5.15 Å². The molecule has 0 fully saturated rings. The van der Waals surface area contributed by atoms with Crippen LogP contribution in [-0.4, -0.2) is 19.2 Å². The van der Waals surface area contributed by atoms with Crippen molar-refractivity contribution >= 4 is 11.6 Å². The van der Waals surface area contributed by atoms with Crippen LogP contribution < -0.4 is 14.8 Å². The maximum atomic E-state index is 13.7. The first-order valence-electron chi connectivity index (χ1n) is 6.36. The molecule has 1 aromatic carbocycles. The van der Waals surface area contributed by atoms with Gasteiger partial charge < -0.3 is 14.8 Å². The molecule has 0 aliphatic rings. The van der Waals surface area contributed by atoms with Crippen molar-refractivity contribution in [2.45, 2.75) is 13.1 Å². The van der Waals surface area contributed by atoms with E-state index in [4.69, 9.17) is 21.1 Å². The fourth-order valence-electron chi connectivity index (χ4n) is 1.92. The summed E-state index contributed by atoms with van der Waals surface area (Å²) in [6.45, 7) is 0.885. The molecule has 0 spiro atoms. The Balaban J connectivity index is 2.02. The molecule has 21 heavy (non-hydrogen) atoms. The second-order valence-corrected chi connectivity index (χ2v) is 4.71. The summed E-state index contributed by atoms with van der Waals surface area (Å²) in [4.78, 5) is 3.68. The van der Waals surface area contributed by atoms with Crippen LogP contribution in [0.15, 0.2) is 30.5 Å². The third-order valence-corrected chi connectivity index (χ3v) is 3.32. The highest BCUT2D eigenvalue weighted by molar-refractivity contribution is 6.29. The summed E-state index contributed by atoms with van der Waals surface area (Å²) < 4.78 is 24.1. The van der Waals surface area contributed by atoms with Gasteiger partial charge in [-0.3, -0.25) is 0 Å². The molecule has 0 unspecified atom stereocenters. The van der Waals surface area contributed by atoms with Gasteiger partial charge in [0.1, 0.15) is 11.5 Å². The van der Waals surface area contributed by atoms with Crippen LogP contribution in [0.3, 0.4) is 0 Å². The summed E-state index contributed by atoms with van der Waals surface area (Å²) in [6.07, 6.45) is 1.48. The molecule has 4 nitrogen and oxygen atoms in total. The van der Waals surface area contributed by atoms with Gasteiger partial charge in [0.25, 0.3) is 0 Å². The molecule has 0 aliphatic carbocycles. The first-order valence-corrected chi connectivity index (χ1v) is 6.74. The molecule has 0 saturated carbocycles. The molecular formula is C15H16ClFN2O2. The number of rotatable bonds is 6. The van der Waals surface area contributed by atoms with Crippen LogP contribution in [-0.2, 0) is 13.1 Å². The van der Waals surface area contributed by atoms with Crippen molar-refractivity contribution in [1.29, 1.82) is 0 Å². The first-order chi connectivity index (χ1) is 10.2. The average Bonchev–Trinajstić information content (AvgIpc) is 2.51. The number of aromatic nitrogens is 1. The molecule has 0 bridgehead atoms. The molecule has 6 heteroatoms. The van der Waals surface area contributed by atoms with Crippen molar-refractivity contribution in [3.63, 3.8) is 0 Å². The summed E-state index contributed by atoms with van der Waals surface area (Å²) >= 11 is 5.64. The second-order valence-electron chi connectivity index (χ2n) is 4.36. The lowest BCUT2D eigenvalue weighted by Crippen LogP contribution is -2.14. The van der Waals surface area contributed by atoms with Gasteiger partial charge in [0.2, 0.25) is 0 Å². The van der Waals surface area contributed by atoms with Crippen molar-refractivity contribution in [1.82, 2.24) is 10.3 Å². The van der Waals surface area contributed by atoms with E-state index in [1.807, 2.05) is 12.1 Å². The van der Waals surface area contributed by atoms with E-state index < -0.39 is 5.82 Å². The highest BCUT2D eigenvalue weighted by Gasteiger charge is 2.08. The summed E-state index contributed by atoms with van der Waals surface area (Å²) in [5.41, 5.74) is 1.43. The van der Waals surface area contributed by atoms with Crippen LogP contribution in [0.25, 0.3) is 0 Å². The molecule has 0 amide bonds. The summed E-state index contributed by atoms with van der Waals surface area (Å²) in [5.74, 6) is 0.950. The number of pyridine rings is 1. The van der Waals surface area contributed by atoms with Crippen molar-refractivity contribution in [3.05, 3.63) is 52.6 Å². The lowest BCUT2D eigenvalue weighted by Gasteiger charge is -2.11. The van der Waals surface area contributed by atoms with Crippen LogP contribution in [0, 0.1) is 5.82 Å². The standard InChI is InChI=1S/C15H16ClFN2O2/c1-20-12-4-3-10(13(7-12)21-2)8-18-9-11-5-6-19-15(16)14(11)17/h3-7,18H,8-9H2,1-2H3. The maximum absolute atomic E-state index is 13.7. The van der Waals surface area contributed by atoms with Crippen LogP contribution in [0.2, 0.25) is 5.15 Å². The SMILES string of the molecule is COc1ccc(CNCc2ccnc(Cl)c2F)c(OC)c1. The van der Waals surface area contributed by atoms with E-state index in [1.165, 1.54) is 6.20 Å². The van der Waals surface area contributed by atoms with Gasteiger partial charge in [-0.15, -0.1) is 0 Å². The second kappa shape index (κ2) is 7.24. The number of ether oxygens (including phenoxy) is 2. The molecule has 0 aliphatic heterocycles. The number of halogens is 2. The Morgan fingerprint density at radius 1 is 1.14 bits per heavy atom. The Morgan fingerprint density at radius 2 is 1.90 bits per heavy atom. The molecule has 1 aromatic heterocycles. The van der Waals surface area contributed by atoms with Crippen LogP contribution in [0.5, 0.6) is 11.5 Å². The normalized spacial score (nSPS) is 10.5. The third kappa shape index (κ3) is 3.83. The van der Waals surface area contributed by atoms with Crippen molar-refractivity contribution < 1.29 is 13.9 Å². The van der Waals surface area contributed by atoms with E-state index in [0.29, 0.717) is 18.7 Å². The molecule has 0 radical (unpaired) electrons. The predicted molar refractivity (Wildman–Crippen MR) is 79.3 cm³/mol. The number of hydrogen-bond donors (Lipinski definition) is 1. The van der Waals surface area contributed by atoms with Crippen LogP contribution in [0.4, 0.5) is 4.39 Å². The predicted octanol–water partition coefficient (Wildman–Crippen LogP) is 3.18. The van der Waals surface area contributed by atoms with Gasteiger partial charge in [-0.05, 0) is 12.1 Å². The van der Waals surface area contributed by atoms with Gasteiger partial charge >= 0.3 is 0 Å². The molecule has 2 aromatic rings. The van der Waals surface area contributed by atoms with Crippen molar-refractivity contribution in [3.8, 4) is 11.5 Å². The van der Waals surface area contributed by atoms with Crippen LogP contribution >= 0.6 is 11.6 Å². The zero-order chi connectivity index (χ0) is 15.2. The zero-order valence-electron chi connectivity index (χ0n) is 11.8. The Hall–Kier alpha value is -1.85. The number of nitrogens with zero attached hydrogens (tertiary/aromatic N) is 1. The Morgan fingerprint density at radius 3 is 2.62 bits per heavy atom. The Labute approximate surface area is 127 Å². The summed E-state index contributed by atoms with van der Waals surface area (Å²) in [5, 5.41) is 3.04. The monoisotopic (exact) mass is 310 g/mol. The molecule has 0 atom stereocenters. The Bertz CT molecular complexity index is 623. The largest absolute Gasteiger partial charge is 0.497 e. The fraction of sp³-hybridized carbons (Fsp3) is 0.267. The number of benzene rings is 1. The number of nitrogens with one attached hydrogen (secondary N) is 1. The van der Waals surface area contributed by atoms with Crippen molar-refractivity contribution in [2.75, 3.05) is 14.2 Å². The minimum Gasteiger partial charge on any atom is -0.497 e. The minimum atomic E-state index is -0.492.